The number of likely N-dealkylation sites (tertiary alicyclic amines) is 1. The summed E-state index contributed by atoms with van der Waals surface area (Å²) in [5.41, 5.74) is -1.20. The number of benzene rings is 1. The molecule has 0 bridgehead atoms. The molecule has 3 atom stereocenters. The van der Waals surface area contributed by atoms with Gasteiger partial charge in [0.15, 0.2) is 0 Å². The first-order valence-electron chi connectivity index (χ1n) is 14.2. The van der Waals surface area contributed by atoms with E-state index in [-0.39, 0.29) is 19.1 Å². The van der Waals surface area contributed by atoms with E-state index in [9.17, 15) is 24.0 Å². The summed E-state index contributed by atoms with van der Waals surface area (Å²) >= 11 is 0. The summed E-state index contributed by atoms with van der Waals surface area (Å²) in [6.07, 6.45) is 0.296. The number of ether oxygens (including phenoxy) is 3. The van der Waals surface area contributed by atoms with E-state index in [1.165, 1.54) is 12.0 Å². The Hall–Kier alpha value is -3.67. The minimum atomic E-state index is -1.38. The molecule has 0 aromatic heterocycles. The van der Waals surface area contributed by atoms with E-state index in [1.807, 2.05) is 39.0 Å². The lowest BCUT2D eigenvalue weighted by Crippen LogP contribution is -2.63. The van der Waals surface area contributed by atoms with Gasteiger partial charge in [-0.25, -0.2) is 9.59 Å². The summed E-state index contributed by atoms with van der Waals surface area (Å²) in [5, 5.41) is 7.96. The number of hydrogen-bond acceptors (Lipinski definition) is 8. The van der Waals surface area contributed by atoms with Gasteiger partial charge in [-0.2, -0.15) is 0 Å². The maximum Gasteiger partial charge on any atom is 0.408 e. The highest BCUT2D eigenvalue weighted by Crippen LogP contribution is 2.23. The van der Waals surface area contributed by atoms with Gasteiger partial charge in [0.25, 0.3) is 0 Å². The number of nitrogens with one attached hydrogen (secondary N) is 3. The minimum Gasteiger partial charge on any atom is -0.467 e. The van der Waals surface area contributed by atoms with Crippen LogP contribution in [-0.4, -0.2) is 84.2 Å². The maximum absolute atomic E-state index is 13.4. The molecule has 12 heteroatoms. The van der Waals surface area contributed by atoms with Crippen LogP contribution in [0.25, 0.3) is 0 Å². The summed E-state index contributed by atoms with van der Waals surface area (Å²) in [6.45, 7) is 12.2. The number of carbonyl (C=O) groups excluding carboxylic acids is 5. The molecule has 0 saturated carbocycles. The van der Waals surface area contributed by atoms with Crippen LogP contribution in [0, 0.1) is 5.92 Å². The third-order valence-electron chi connectivity index (χ3n) is 6.71. The molecule has 0 spiro atoms. The number of nitrogens with zero attached hydrogens (tertiary/aromatic N) is 1. The lowest BCUT2D eigenvalue weighted by molar-refractivity contribution is -0.153. The highest BCUT2D eigenvalue weighted by molar-refractivity contribution is 5.96. The van der Waals surface area contributed by atoms with Crippen LogP contribution in [0.15, 0.2) is 30.3 Å². The highest BCUT2D eigenvalue weighted by atomic mass is 16.6. The van der Waals surface area contributed by atoms with Crippen LogP contribution >= 0.6 is 0 Å². The van der Waals surface area contributed by atoms with Crippen molar-refractivity contribution in [2.75, 3.05) is 20.3 Å². The molecule has 3 N–H and O–H groups in total. The standard InChI is InChI=1S/C30H46N4O8/c1-19(2)23(25(36)33-30(6,7)27(38)34-16-12-15-22(34)26(37)40-8)32-24(35)21(18-42-29(3,4)5)31-28(39)41-17-20-13-10-9-11-14-20/h9-11,13-14,19,21-23H,12,15-18H2,1-8H3,(H,31,39)(H,32,35)(H,33,36)/t21-,22-,23-/m0/s1. The summed E-state index contributed by atoms with van der Waals surface area (Å²) < 4.78 is 15.9. The van der Waals surface area contributed by atoms with Crippen LogP contribution in [0.3, 0.4) is 0 Å². The van der Waals surface area contributed by atoms with Crippen molar-refractivity contribution in [2.24, 2.45) is 5.92 Å². The van der Waals surface area contributed by atoms with Crippen molar-refractivity contribution >= 4 is 29.8 Å². The quantitative estimate of drug-likeness (QED) is 0.314. The van der Waals surface area contributed by atoms with Crippen molar-refractivity contribution in [2.45, 2.75) is 97.2 Å². The van der Waals surface area contributed by atoms with Crippen LogP contribution in [0.5, 0.6) is 0 Å². The molecule has 0 aliphatic carbocycles. The van der Waals surface area contributed by atoms with E-state index in [4.69, 9.17) is 14.2 Å². The van der Waals surface area contributed by atoms with Gasteiger partial charge in [-0.1, -0.05) is 44.2 Å². The zero-order chi connectivity index (χ0) is 31.7. The van der Waals surface area contributed by atoms with E-state index < -0.39 is 59.0 Å². The molecular weight excluding hydrogens is 544 g/mol. The van der Waals surface area contributed by atoms with Gasteiger partial charge >= 0.3 is 12.1 Å². The van der Waals surface area contributed by atoms with Crippen LogP contribution in [0.2, 0.25) is 0 Å². The molecule has 1 aromatic rings. The molecule has 2 rings (SSSR count). The van der Waals surface area contributed by atoms with Crippen molar-refractivity contribution in [3.63, 3.8) is 0 Å². The number of alkyl carbamates (subject to hydrolysis) is 1. The minimum absolute atomic E-state index is 0.00906. The van der Waals surface area contributed by atoms with Crippen LogP contribution in [0.4, 0.5) is 4.79 Å². The maximum atomic E-state index is 13.4. The van der Waals surface area contributed by atoms with Crippen LogP contribution < -0.4 is 16.0 Å². The number of rotatable bonds is 12. The average molecular weight is 591 g/mol. The Morgan fingerprint density at radius 2 is 1.62 bits per heavy atom. The lowest BCUT2D eigenvalue weighted by atomic mass is 9.98. The van der Waals surface area contributed by atoms with Gasteiger partial charge < -0.3 is 35.1 Å². The second kappa shape index (κ2) is 15.0. The number of methoxy groups -OCH3 is 1. The zero-order valence-corrected chi connectivity index (χ0v) is 25.9. The van der Waals surface area contributed by atoms with E-state index >= 15 is 0 Å². The topological polar surface area (TPSA) is 152 Å². The molecule has 234 valence electrons. The summed E-state index contributed by atoms with van der Waals surface area (Å²) in [5.74, 6) is -2.55. The second-order valence-corrected chi connectivity index (χ2v) is 12.2. The molecule has 1 aliphatic rings. The Balaban J connectivity index is 2.12. The molecule has 1 aromatic carbocycles. The molecule has 1 heterocycles. The molecular formula is C30H46N4O8. The van der Waals surface area contributed by atoms with Crippen molar-refractivity contribution in [3.05, 3.63) is 35.9 Å². The molecule has 12 nitrogen and oxygen atoms in total. The third-order valence-corrected chi connectivity index (χ3v) is 6.71. The first kappa shape index (κ1) is 34.5. The van der Waals surface area contributed by atoms with E-state index in [0.717, 1.165) is 5.56 Å². The van der Waals surface area contributed by atoms with Gasteiger partial charge in [0.1, 0.15) is 30.3 Å². The Bertz CT molecular complexity index is 1100. The van der Waals surface area contributed by atoms with Gasteiger partial charge in [0.2, 0.25) is 17.7 Å². The van der Waals surface area contributed by atoms with Crippen molar-refractivity contribution < 1.29 is 38.2 Å². The summed E-state index contributed by atoms with van der Waals surface area (Å²) in [4.78, 5) is 66.3. The second-order valence-electron chi connectivity index (χ2n) is 12.2. The Morgan fingerprint density at radius 1 is 0.976 bits per heavy atom. The molecule has 4 amide bonds. The van der Waals surface area contributed by atoms with Crippen LogP contribution in [0.1, 0.15) is 66.9 Å². The van der Waals surface area contributed by atoms with Gasteiger partial charge in [-0.3, -0.25) is 14.4 Å². The third kappa shape index (κ3) is 10.3. The first-order valence-corrected chi connectivity index (χ1v) is 14.2. The zero-order valence-electron chi connectivity index (χ0n) is 25.9. The fraction of sp³-hybridized carbons (Fsp3) is 0.633. The SMILES string of the molecule is COC(=O)[C@@H]1CCCN1C(=O)C(C)(C)NC(=O)[C@@H](NC(=O)[C@H](COC(C)(C)C)NC(=O)OCc1ccccc1)C(C)C. The van der Waals surface area contributed by atoms with E-state index in [0.29, 0.717) is 19.4 Å². The molecule has 1 aliphatic heterocycles. The Kier molecular flexibility index (Phi) is 12.3. The van der Waals surface area contributed by atoms with E-state index in [1.54, 1.807) is 39.8 Å². The highest BCUT2D eigenvalue weighted by Gasteiger charge is 2.43. The normalized spacial score (nSPS) is 16.8. The molecule has 1 saturated heterocycles. The number of amides is 4. The van der Waals surface area contributed by atoms with E-state index in [2.05, 4.69) is 16.0 Å². The lowest BCUT2D eigenvalue weighted by Gasteiger charge is -2.34. The molecule has 1 fully saturated rings. The molecule has 0 unspecified atom stereocenters. The number of esters is 1. The fourth-order valence-electron chi connectivity index (χ4n) is 4.40. The monoisotopic (exact) mass is 590 g/mol. The largest absolute Gasteiger partial charge is 0.467 e. The average Bonchev–Trinajstić information content (AvgIpc) is 3.41. The van der Waals surface area contributed by atoms with Gasteiger partial charge in [0, 0.05) is 6.54 Å². The molecule has 42 heavy (non-hydrogen) atoms. The van der Waals surface area contributed by atoms with Gasteiger partial charge in [-0.05, 0) is 58.9 Å². The smallest absolute Gasteiger partial charge is 0.408 e. The van der Waals surface area contributed by atoms with Gasteiger partial charge in [-0.15, -0.1) is 0 Å². The van der Waals surface area contributed by atoms with Crippen molar-refractivity contribution in [3.8, 4) is 0 Å². The Labute approximate surface area is 248 Å². The predicted molar refractivity (Wildman–Crippen MR) is 155 cm³/mol. The Morgan fingerprint density at radius 3 is 2.19 bits per heavy atom. The molecule has 0 radical (unpaired) electrons. The number of hydrogen-bond donors (Lipinski definition) is 3. The first-order chi connectivity index (χ1) is 19.6. The van der Waals surface area contributed by atoms with Crippen molar-refractivity contribution in [1.29, 1.82) is 0 Å². The predicted octanol–water partition coefficient (Wildman–Crippen LogP) is 2.30. The van der Waals surface area contributed by atoms with Gasteiger partial charge in [0.05, 0.1) is 19.3 Å². The fourth-order valence-corrected chi connectivity index (χ4v) is 4.40. The summed E-state index contributed by atoms with van der Waals surface area (Å²) in [6, 6.07) is 6.17. The number of carbonyl (C=O) groups is 5. The van der Waals surface area contributed by atoms with Crippen LogP contribution in [-0.2, 0) is 40.0 Å². The summed E-state index contributed by atoms with van der Waals surface area (Å²) in [7, 11) is 1.27. The van der Waals surface area contributed by atoms with Crippen molar-refractivity contribution in [1.82, 2.24) is 20.9 Å².